The number of phosphoric acid groups is 1. The first kappa shape index (κ1) is 55.8. The zero-order valence-corrected chi connectivity index (χ0v) is 39.9. The highest BCUT2D eigenvalue weighted by Gasteiger charge is 2.29. The average Bonchev–Trinajstić information content (AvgIpc) is 3.21. The summed E-state index contributed by atoms with van der Waals surface area (Å²) in [6.07, 6.45) is 36.2. The molecule has 0 bridgehead atoms. The van der Waals surface area contributed by atoms with Crippen LogP contribution in [0, 0.1) is 0 Å². The van der Waals surface area contributed by atoms with Crippen molar-refractivity contribution in [2.75, 3.05) is 54.1 Å². The van der Waals surface area contributed by atoms with Crippen LogP contribution in [-0.4, -0.2) is 81.5 Å². The van der Waals surface area contributed by atoms with Gasteiger partial charge in [0, 0.05) is 12.5 Å². The van der Waals surface area contributed by atoms with Crippen LogP contribution in [0.4, 0.5) is 0 Å². The maximum absolute atomic E-state index is 12.7. The number of rotatable bonds is 42. The minimum Gasteiger partial charge on any atom is -0.494 e. The van der Waals surface area contributed by atoms with E-state index in [1.165, 1.54) is 154 Å². The number of hydrogen-bond donors (Lipinski definition) is 1. The third-order valence-electron chi connectivity index (χ3n) is 10.7. The van der Waals surface area contributed by atoms with Crippen LogP contribution in [-0.2, 0) is 32.7 Å². The molecule has 348 valence electrons. The lowest BCUT2D eigenvalue weighted by Crippen LogP contribution is -2.37. The molecule has 0 spiro atoms. The lowest BCUT2D eigenvalue weighted by molar-refractivity contribution is -0.870. The molecule has 0 aliphatic carbocycles. The summed E-state index contributed by atoms with van der Waals surface area (Å²) in [4.78, 5) is 35.5. The Morgan fingerprint density at radius 3 is 1.52 bits per heavy atom. The van der Waals surface area contributed by atoms with Gasteiger partial charge in [0.2, 0.25) is 0 Å². The molecule has 0 saturated heterocycles. The lowest BCUT2D eigenvalue weighted by atomic mass is 10.0. The zero-order valence-electron chi connectivity index (χ0n) is 39.0. The maximum Gasteiger partial charge on any atom is 0.472 e. The van der Waals surface area contributed by atoms with Crippen LogP contribution in [0.1, 0.15) is 199 Å². The van der Waals surface area contributed by atoms with Crippen LogP contribution < -0.4 is 4.74 Å². The second kappa shape index (κ2) is 37.3. The molecule has 1 rings (SSSR count). The first-order valence-corrected chi connectivity index (χ1v) is 25.6. The number of carbonyl (C=O) groups is 2. The van der Waals surface area contributed by atoms with Gasteiger partial charge in [0.25, 0.3) is 0 Å². The summed E-state index contributed by atoms with van der Waals surface area (Å²) in [6, 6.07) is 7.48. The van der Waals surface area contributed by atoms with Gasteiger partial charge in [0.15, 0.2) is 0 Å². The van der Waals surface area contributed by atoms with Crippen LogP contribution >= 0.6 is 7.82 Å². The summed E-state index contributed by atoms with van der Waals surface area (Å²) in [5, 5.41) is 0. The monoisotopic (exact) mass is 867 g/mol. The van der Waals surface area contributed by atoms with Gasteiger partial charge in [0.05, 0.1) is 27.7 Å². The van der Waals surface area contributed by atoms with Crippen molar-refractivity contribution in [2.45, 2.75) is 200 Å². The minimum atomic E-state index is -4.52. The van der Waals surface area contributed by atoms with Crippen LogP contribution in [0.2, 0.25) is 0 Å². The Morgan fingerprint density at radius 1 is 0.617 bits per heavy atom. The first-order chi connectivity index (χ1) is 28.9. The van der Waals surface area contributed by atoms with E-state index in [-0.39, 0.29) is 19.6 Å². The van der Waals surface area contributed by atoms with Crippen molar-refractivity contribution >= 4 is 25.8 Å². The van der Waals surface area contributed by atoms with E-state index in [2.05, 4.69) is 13.8 Å². The number of carbonyl (C=O) groups excluding carboxylic acids is 2. The highest BCUT2D eigenvalue weighted by atomic mass is 31.2. The first-order valence-electron chi connectivity index (χ1n) is 24.1. The molecule has 0 radical (unpaired) electrons. The van der Waals surface area contributed by atoms with Crippen molar-refractivity contribution in [2.24, 2.45) is 0 Å². The molecule has 0 saturated carbocycles. The van der Waals surface area contributed by atoms with Gasteiger partial charge < -0.3 is 23.6 Å². The fourth-order valence-corrected chi connectivity index (χ4v) is 7.72. The number of benzene rings is 1. The molecule has 1 N–H and O–H groups in total. The lowest BCUT2D eigenvalue weighted by Gasteiger charge is -2.25. The van der Waals surface area contributed by atoms with Crippen molar-refractivity contribution in [1.29, 1.82) is 0 Å². The SMILES string of the molecule is CCCCCCCCCCCCCCCCOc1ccc(/C=C/C(=O)OC[C@H](COC(=O)CCCCCCCCCCCCCCC)OP(=O)(O)OCC[N+](C)(C)C)cc1. The number of ether oxygens (including phenoxy) is 3. The molecule has 0 aliphatic rings. The van der Waals surface area contributed by atoms with Gasteiger partial charge in [-0.3, -0.25) is 13.8 Å². The molecular formula is C49H89NO9P+. The molecular weight excluding hydrogens is 778 g/mol. The molecule has 11 heteroatoms. The second-order valence-electron chi connectivity index (χ2n) is 17.7. The molecule has 1 unspecified atom stereocenters. The summed E-state index contributed by atoms with van der Waals surface area (Å²) in [5.74, 6) is -0.312. The van der Waals surface area contributed by atoms with Crippen LogP contribution in [0.5, 0.6) is 5.75 Å². The average molecular weight is 867 g/mol. The van der Waals surface area contributed by atoms with Crippen molar-refractivity contribution in [3.8, 4) is 5.75 Å². The van der Waals surface area contributed by atoms with E-state index in [9.17, 15) is 19.0 Å². The second-order valence-corrected chi connectivity index (χ2v) is 19.1. The molecule has 2 atom stereocenters. The summed E-state index contributed by atoms with van der Waals surface area (Å²) in [7, 11) is 1.28. The van der Waals surface area contributed by atoms with Gasteiger partial charge in [-0.15, -0.1) is 0 Å². The van der Waals surface area contributed by atoms with Crippen molar-refractivity contribution < 1.29 is 46.8 Å². The predicted octanol–water partition coefficient (Wildman–Crippen LogP) is 13.3. The Kier molecular flexibility index (Phi) is 34.7. The molecule has 1 aromatic carbocycles. The summed E-state index contributed by atoms with van der Waals surface area (Å²) >= 11 is 0. The highest BCUT2D eigenvalue weighted by molar-refractivity contribution is 7.47. The standard InChI is InChI=1S/C49H88NO9P/c1-6-8-10-12-14-16-18-20-22-24-26-28-30-32-41-55-46-37-34-45(35-38-46)36-39-49(52)57-44-47(59-60(53,54)58-42-40-50(3,4)5)43-56-48(51)33-31-29-27-25-23-21-19-17-15-13-11-9-7-2/h34-39,47H,6-33,40-44H2,1-5H3/p+1/b39-36+/t47-/m0/s1. The number of quaternary nitrogens is 1. The maximum atomic E-state index is 12.7. The minimum absolute atomic E-state index is 0.0192. The van der Waals surface area contributed by atoms with Crippen LogP contribution in [0.25, 0.3) is 6.08 Å². The number of likely N-dealkylation sites (N-methyl/N-ethyl adjacent to an activating group) is 1. The molecule has 0 aliphatic heterocycles. The van der Waals surface area contributed by atoms with Gasteiger partial charge in [-0.2, -0.15) is 0 Å². The normalized spacial score (nSPS) is 13.4. The van der Waals surface area contributed by atoms with Crippen molar-refractivity contribution in [1.82, 2.24) is 0 Å². The Labute approximate surface area is 367 Å². The predicted molar refractivity (Wildman–Crippen MR) is 247 cm³/mol. The van der Waals surface area contributed by atoms with E-state index in [1.54, 1.807) is 6.08 Å². The zero-order chi connectivity index (χ0) is 44.0. The Morgan fingerprint density at radius 2 is 1.05 bits per heavy atom. The van der Waals surface area contributed by atoms with E-state index < -0.39 is 32.5 Å². The number of hydrogen-bond acceptors (Lipinski definition) is 8. The Balaban J connectivity index is 2.38. The van der Waals surface area contributed by atoms with E-state index in [1.807, 2.05) is 45.4 Å². The third kappa shape index (κ3) is 36.4. The van der Waals surface area contributed by atoms with Crippen molar-refractivity contribution in [3.63, 3.8) is 0 Å². The van der Waals surface area contributed by atoms with Crippen LogP contribution in [0.15, 0.2) is 30.3 Å². The van der Waals surface area contributed by atoms with E-state index in [0.717, 1.165) is 30.6 Å². The molecule has 60 heavy (non-hydrogen) atoms. The van der Waals surface area contributed by atoms with Crippen LogP contribution in [0.3, 0.4) is 0 Å². The summed E-state index contributed by atoms with van der Waals surface area (Å²) in [5.41, 5.74) is 0.788. The largest absolute Gasteiger partial charge is 0.494 e. The Bertz CT molecular complexity index is 1250. The quantitative estimate of drug-likeness (QED) is 0.0225. The van der Waals surface area contributed by atoms with E-state index in [4.69, 9.17) is 23.3 Å². The number of phosphoric ester groups is 1. The fraction of sp³-hybridized carbons (Fsp3) is 0.796. The smallest absolute Gasteiger partial charge is 0.472 e. The van der Waals surface area contributed by atoms with Crippen molar-refractivity contribution in [3.05, 3.63) is 35.9 Å². The van der Waals surface area contributed by atoms with Gasteiger partial charge in [-0.05, 0) is 36.6 Å². The van der Waals surface area contributed by atoms with Gasteiger partial charge in [0.1, 0.15) is 38.2 Å². The molecule has 0 amide bonds. The van der Waals surface area contributed by atoms with Gasteiger partial charge >= 0.3 is 19.8 Å². The van der Waals surface area contributed by atoms with E-state index >= 15 is 0 Å². The number of nitrogens with zero attached hydrogens (tertiary/aromatic N) is 1. The highest BCUT2D eigenvalue weighted by Crippen LogP contribution is 2.44. The fourth-order valence-electron chi connectivity index (χ4n) is 6.85. The topological polar surface area (TPSA) is 118 Å². The summed E-state index contributed by atoms with van der Waals surface area (Å²) < 4.78 is 40.4. The molecule has 10 nitrogen and oxygen atoms in total. The molecule has 0 aromatic heterocycles. The molecule has 1 aromatic rings. The van der Waals surface area contributed by atoms with Gasteiger partial charge in [-0.25, -0.2) is 9.36 Å². The third-order valence-corrected chi connectivity index (χ3v) is 11.8. The molecule has 0 heterocycles. The van der Waals surface area contributed by atoms with Gasteiger partial charge in [-0.1, -0.05) is 187 Å². The number of esters is 2. The molecule has 0 fully saturated rings. The Hall–Kier alpha value is -2.23. The number of unbranched alkanes of at least 4 members (excludes halogenated alkanes) is 25. The summed E-state index contributed by atoms with van der Waals surface area (Å²) in [6.45, 7) is 4.90. The van der Waals surface area contributed by atoms with E-state index in [0.29, 0.717) is 24.1 Å².